The van der Waals surface area contributed by atoms with E-state index in [1.54, 1.807) is 33.8 Å². The molecule has 1 saturated heterocycles. The number of nitrogen functional groups attached to an aromatic ring is 1. The third-order valence-corrected chi connectivity index (χ3v) is 5.13. The number of urea groups is 1. The van der Waals surface area contributed by atoms with Crippen LogP contribution in [-0.2, 0) is 11.0 Å². The number of alkyl halides is 3. The van der Waals surface area contributed by atoms with Crippen LogP contribution in [0, 0.1) is 0 Å². The van der Waals surface area contributed by atoms with E-state index in [1.807, 2.05) is 0 Å². The predicted molar refractivity (Wildman–Crippen MR) is 111 cm³/mol. The highest BCUT2D eigenvalue weighted by atomic mass is 19.4. The van der Waals surface area contributed by atoms with Crippen LogP contribution in [0.5, 0.6) is 0 Å². The van der Waals surface area contributed by atoms with Gasteiger partial charge in [0.2, 0.25) is 5.91 Å². The first-order chi connectivity index (χ1) is 15.1. The van der Waals surface area contributed by atoms with Crippen LogP contribution in [0.15, 0.2) is 36.8 Å². The molecule has 0 aliphatic carbocycles. The Kier molecular flexibility index (Phi) is 5.36. The molecule has 168 valence electrons. The summed E-state index contributed by atoms with van der Waals surface area (Å²) >= 11 is 0. The number of halogens is 3. The van der Waals surface area contributed by atoms with E-state index < -0.39 is 17.6 Å². The van der Waals surface area contributed by atoms with E-state index in [9.17, 15) is 22.8 Å². The Bertz CT molecular complexity index is 1190. The van der Waals surface area contributed by atoms with Crippen LogP contribution in [0.4, 0.5) is 29.6 Å². The van der Waals surface area contributed by atoms with Crippen molar-refractivity contribution in [1.29, 1.82) is 0 Å². The van der Waals surface area contributed by atoms with Crippen molar-refractivity contribution in [2.24, 2.45) is 0 Å². The van der Waals surface area contributed by atoms with Gasteiger partial charge in [-0.15, -0.1) is 0 Å². The lowest BCUT2D eigenvalue weighted by molar-refractivity contribution is -0.137. The van der Waals surface area contributed by atoms with E-state index in [4.69, 9.17) is 5.73 Å². The Balaban J connectivity index is 1.52. The van der Waals surface area contributed by atoms with Gasteiger partial charge in [0.05, 0.1) is 11.8 Å². The van der Waals surface area contributed by atoms with Gasteiger partial charge in [0.25, 0.3) is 0 Å². The topological polar surface area (TPSA) is 118 Å². The lowest BCUT2D eigenvalue weighted by Gasteiger charge is -2.16. The number of fused-ring (bicyclic) bond motifs is 1. The quantitative estimate of drug-likeness (QED) is 0.571. The third kappa shape index (κ3) is 4.43. The van der Waals surface area contributed by atoms with Gasteiger partial charge in [0.1, 0.15) is 11.5 Å². The summed E-state index contributed by atoms with van der Waals surface area (Å²) in [6.45, 7) is 2.33. The second-order valence-electron chi connectivity index (χ2n) is 7.53. The summed E-state index contributed by atoms with van der Waals surface area (Å²) in [4.78, 5) is 33.2. The molecule has 1 aliphatic rings. The number of aromatic nitrogens is 3. The molecular weight excluding hydrogens is 427 g/mol. The summed E-state index contributed by atoms with van der Waals surface area (Å²) in [5.41, 5.74) is 5.58. The maximum Gasteiger partial charge on any atom is 0.419 e. The van der Waals surface area contributed by atoms with Gasteiger partial charge in [-0.05, 0) is 24.6 Å². The Morgan fingerprint density at radius 3 is 2.72 bits per heavy atom. The van der Waals surface area contributed by atoms with Gasteiger partial charge in [-0.3, -0.25) is 10.1 Å². The highest BCUT2D eigenvalue weighted by Crippen LogP contribution is 2.35. The van der Waals surface area contributed by atoms with E-state index in [2.05, 4.69) is 20.6 Å². The fourth-order valence-corrected chi connectivity index (χ4v) is 3.62. The van der Waals surface area contributed by atoms with Gasteiger partial charge >= 0.3 is 12.2 Å². The molecule has 1 atom stereocenters. The lowest BCUT2D eigenvalue weighted by Crippen LogP contribution is -2.38. The number of pyridine rings is 2. The number of likely N-dealkylation sites (tertiary alicyclic amines) is 1. The van der Waals surface area contributed by atoms with Crippen molar-refractivity contribution in [2.45, 2.75) is 25.6 Å². The average Bonchev–Trinajstić information content (AvgIpc) is 3.32. The summed E-state index contributed by atoms with van der Waals surface area (Å²) in [6, 6.07) is 3.75. The number of nitrogens with one attached hydrogen (secondary N) is 2. The first-order valence-corrected chi connectivity index (χ1v) is 9.75. The lowest BCUT2D eigenvalue weighted by atomic mass is 10.1. The first-order valence-electron chi connectivity index (χ1n) is 9.75. The Labute approximate surface area is 180 Å². The van der Waals surface area contributed by atoms with E-state index in [-0.39, 0.29) is 23.5 Å². The summed E-state index contributed by atoms with van der Waals surface area (Å²) < 4.78 is 41.0. The Hall–Kier alpha value is -3.83. The second kappa shape index (κ2) is 8.02. The summed E-state index contributed by atoms with van der Waals surface area (Å²) in [6.07, 6.45) is 0.473. The number of hydrogen-bond acceptors (Lipinski definition) is 5. The number of anilines is 2. The van der Waals surface area contributed by atoms with Crippen molar-refractivity contribution in [3.8, 4) is 11.1 Å². The summed E-state index contributed by atoms with van der Waals surface area (Å²) in [7, 11) is 0. The standard InChI is InChI=1S/C20H20F3N7O2/c1-11(31)26-14-4-5-29(9-14)19(32)28-16-10-30-8-12(2-3-17(30)27-16)13-6-15(20(21,22)23)18(24)25-7-13/h2-3,6-8,10,14H,4-5,9H2,1H3,(H2,24,25)(H,26,31)(H,28,32). The number of carbonyl (C=O) groups is 2. The van der Waals surface area contributed by atoms with Crippen molar-refractivity contribution >= 4 is 29.2 Å². The van der Waals surface area contributed by atoms with Gasteiger partial charge in [-0.1, -0.05) is 0 Å². The van der Waals surface area contributed by atoms with Gasteiger partial charge < -0.3 is 20.4 Å². The fourth-order valence-electron chi connectivity index (χ4n) is 3.62. The van der Waals surface area contributed by atoms with Crippen LogP contribution in [-0.4, -0.2) is 50.3 Å². The van der Waals surface area contributed by atoms with Crippen molar-refractivity contribution in [3.05, 3.63) is 42.4 Å². The minimum atomic E-state index is -4.61. The molecule has 3 aromatic heterocycles. The highest BCUT2D eigenvalue weighted by Gasteiger charge is 2.34. The maximum atomic E-state index is 13.1. The molecule has 3 aromatic rings. The van der Waals surface area contributed by atoms with Crippen molar-refractivity contribution in [3.63, 3.8) is 0 Å². The molecule has 9 nitrogen and oxygen atoms in total. The summed E-state index contributed by atoms with van der Waals surface area (Å²) in [5, 5.41) is 5.49. The number of nitrogens with two attached hydrogens (primary N) is 1. The number of carbonyl (C=O) groups excluding carboxylic acids is 2. The van der Waals surface area contributed by atoms with Gasteiger partial charge in [-0.2, -0.15) is 13.2 Å². The second-order valence-corrected chi connectivity index (χ2v) is 7.53. The normalized spacial score (nSPS) is 16.4. The maximum absolute atomic E-state index is 13.1. The van der Waals surface area contributed by atoms with Crippen LogP contribution in [0.25, 0.3) is 16.8 Å². The zero-order valence-corrected chi connectivity index (χ0v) is 17.0. The third-order valence-electron chi connectivity index (χ3n) is 5.13. The smallest absolute Gasteiger partial charge is 0.383 e. The van der Waals surface area contributed by atoms with Gasteiger partial charge in [0.15, 0.2) is 5.82 Å². The van der Waals surface area contributed by atoms with Crippen molar-refractivity contribution in [2.75, 3.05) is 24.1 Å². The van der Waals surface area contributed by atoms with Crippen molar-refractivity contribution in [1.82, 2.24) is 24.6 Å². The first kappa shape index (κ1) is 21.4. The van der Waals surface area contributed by atoms with Crippen LogP contribution in [0.2, 0.25) is 0 Å². The highest BCUT2D eigenvalue weighted by molar-refractivity contribution is 5.89. The Morgan fingerprint density at radius 2 is 2.00 bits per heavy atom. The monoisotopic (exact) mass is 447 g/mol. The molecular formula is C20H20F3N7O2. The SMILES string of the molecule is CC(=O)NC1CCN(C(=O)Nc2cn3cc(-c4cnc(N)c(C(F)(F)F)c4)ccc3n2)C1. The van der Waals surface area contributed by atoms with Crippen LogP contribution < -0.4 is 16.4 Å². The van der Waals surface area contributed by atoms with Crippen LogP contribution >= 0.6 is 0 Å². The average molecular weight is 447 g/mol. The van der Waals surface area contributed by atoms with E-state index >= 15 is 0 Å². The molecule has 1 unspecified atom stereocenters. The number of rotatable bonds is 3. The van der Waals surface area contributed by atoms with E-state index in [0.29, 0.717) is 36.5 Å². The molecule has 0 radical (unpaired) electrons. The molecule has 0 bridgehead atoms. The number of imidazole rings is 1. The zero-order valence-electron chi connectivity index (χ0n) is 17.0. The van der Waals surface area contributed by atoms with Crippen LogP contribution in [0.1, 0.15) is 18.9 Å². The van der Waals surface area contributed by atoms with Gasteiger partial charge in [-0.25, -0.2) is 14.8 Å². The van der Waals surface area contributed by atoms with E-state index in [0.717, 1.165) is 6.07 Å². The molecule has 0 spiro atoms. The molecule has 1 fully saturated rings. The molecule has 32 heavy (non-hydrogen) atoms. The number of amides is 3. The molecule has 4 rings (SSSR count). The predicted octanol–water partition coefficient (Wildman–Crippen LogP) is 2.74. The molecule has 0 aromatic carbocycles. The van der Waals surface area contributed by atoms with Gasteiger partial charge in [0, 0.05) is 49.6 Å². The molecule has 3 amide bonds. The molecule has 4 N–H and O–H groups in total. The summed E-state index contributed by atoms with van der Waals surface area (Å²) in [5.74, 6) is -0.439. The minimum Gasteiger partial charge on any atom is -0.383 e. The zero-order chi connectivity index (χ0) is 23.0. The minimum absolute atomic E-state index is 0.0861. The Morgan fingerprint density at radius 1 is 1.22 bits per heavy atom. The largest absolute Gasteiger partial charge is 0.419 e. The molecule has 4 heterocycles. The van der Waals surface area contributed by atoms with E-state index in [1.165, 1.54) is 13.1 Å². The number of hydrogen-bond donors (Lipinski definition) is 3. The van der Waals surface area contributed by atoms with Crippen LogP contribution in [0.3, 0.4) is 0 Å². The molecule has 0 saturated carbocycles. The molecule has 12 heteroatoms. The fraction of sp³-hybridized carbons (Fsp3) is 0.300. The molecule has 1 aliphatic heterocycles. The van der Waals surface area contributed by atoms with Crippen molar-refractivity contribution < 1.29 is 22.8 Å². The number of nitrogens with zero attached hydrogens (tertiary/aromatic N) is 4.